The maximum absolute atomic E-state index is 13.5. The predicted octanol–water partition coefficient (Wildman–Crippen LogP) is 4.97. The fraction of sp³-hybridized carbons (Fsp3) is 0.469. The van der Waals surface area contributed by atoms with Gasteiger partial charge in [0.15, 0.2) is 0 Å². The minimum atomic E-state index is -1.37. The summed E-state index contributed by atoms with van der Waals surface area (Å²) >= 11 is 1.51. The van der Waals surface area contributed by atoms with Crippen LogP contribution in [-0.4, -0.2) is 76.8 Å². The number of methoxy groups -OCH3 is 1. The Kier molecular flexibility index (Phi) is 9.38. The summed E-state index contributed by atoms with van der Waals surface area (Å²) in [5, 5.41) is 19.0. The van der Waals surface area contributed by atoms with Crippen molar-refractivity contribution in [2.24, 2.45) is 5.92 Å². The first-order chi connectivity index (χ1) is 21.1. The monoisotopic (exact) mass is 621 g/mol. The van der Waals surface area contributed by atoms with Crippen LogP contribution in [0.25, 0.3) is 21.6 Å². The van der Waals surface area contributed by atoms with Crippen LogP contribution >= 0.6 is 11.3 Å². The van der Waals surface area contributed by atoms with Crippen molar-refractivity contribution in [3.8, 4) is 22.2 Å². The molecule has 5 rings (SSSR count). The van der Waals surface area contributed by atoms with Gasteiger partial charge in [-0.25, -0.2) is 19.6 Å². The molecule has 3 heterocycles. The second-order valence-electron chi connectivity index (χ2n) is 11.7. The quantitative estimate of drug-likeness (QED) is 0.299. The summed E-state index contributed by atoms with van der Waals surface area (Å²) in [5.41, 5.74) is 0.929. The highest BCUT2D eigenvalue weighted by molar-refractivity contribution is 7.13. The number of allylic oxidation sites excluding steroid dienone is 1. The van der Waals surface area contributed by atoms with E-state index in [0.29, 0.717) is 35.7 Å². The summed E-state index contributed by atoms with van der Waals surface area (Å²) < 4.78 is 11.7. The Morgan fingerprint density at radius 3 is 2.77 bits per heavy atom. The number of thiazole rings is 1. The van der Waals surface area contributed by atoms with E-state index in [0.717, 1.165) is 35.4 Å². The molecule has 44 heavy (non-hydrogen) atoms. The fourth-order valence-electron chi connectivity index (χ4n) is 5.26. The van der Waals surface area contributed by atoms with Gasteiger partial charge in [-0.3, -0.25) is 4.79 Å². The topological polar surface area (TPSA) is 143 Å². The summed E-state index contributed by atoms with van der Waals surface area (Å²) in [6.45, 7) is 4.79. The van der Waals surface area contributed by atoms with Gasteiger partial charge in [0.05, 0.1) is 24.9 Å². The highest BCUT2D eigenvalue weighted by atomic mass is 32.1. The number of urea groups is 1. The van der Waals surface area contributed by atoms with Crippen LogP contribution in [0.1, 0.15) is 57.6 Å². The van der Waals surface area contributed by atoms with Crippen molar-refractivity contribution in [1.82, 2.24) is 25.5 Å². The smallest absolute Gasteiger partial charge is 0.330 e. The Morgan fingerprint density at radius 1 is 1.23 bits per heavy atom. The molecular formula is C32H39N5O6S. The SMILES string of the molecule is COc1ccc2c(OCCC3NC(=O)N(C)CCCCC=CC4CC4(C(=O)O)NC3=O)cc(-c3nc(C(C)C)cs3)nc2c1. The number of hydrogen-bond donors (Lipinski definition) is 3. The van der Waals surface area contributed by atoms with E-state index in [9.17, 15) is 19.5 Å². The number of amides is 3. The van der Waals surface area contributed by atoms with Gasteiger partial charge in [0.25, 0.3) is 0 Å². The van der Waals surface area contributed by atoms with Crippen LogP contribution in [0.15, 0.2) is 41.8 Å². The van der Waals surface area contributed by atoms with Crippen LogP contribution in [0, 0.1) is 5.92 Å². The molecule has 0 bridgehead atoms. The van der Waals surface area contributed by atoms with Gasteiger partial charge >= 0.3 is 12.0 Å². The zero-order chi connectivity index (χ0) is 31.4. The molecule has 3 N–H and O–H groups in total. The number of pyridine rings is 1. The molecule has 1 aliphatic heterocycles. The van der Waals surface area contributed by atoms with Crippen molar-refractivity contribution < 1.29 is 29.0 Å². The van der Waals surface area contributed by atoms with Crippen LogP contribution < -0.4 is 20.1 Å². The predicted molar refractivity (Wildman–Crippen MR) is 168 cm³/mol. The summed E-state index contributed by atoms with van der Waals surface area (Å²) in [4.78, 5) is 49.8. The second kappa shape index (κ2) is 13.2. The fourth-order valence-corrected chi connectivity index (χ4v) is 6.20. The van der Waals surface area contributed by atoms with Gasteiger partial charge in [0.2, 0.25) is 5.91 Å². The molecule has 2 aromatic heterocycles. The Labute approximate surface area is 260 Å². The highest BCUT2D eigenvalue weighted by Gasteiger charge is 2.60. The van der Waals surface area contributed by atoms with E-state index < -0.39 is 29.5 Å². The van der Waals surface area contributed by atoms with E-state index in [2.05, 4.69) is 24.5 Å². The van der Waals surface area contributed by atoms with E-state index in [1.165, 1.54) is 11.3 Å². The third kappa shape index (κ3) is 6.80. The van der Waals surface area contributed by atoms with Gasteiger partial charge in [-0.1, -0.05) is 26.0 Å². The number of carboxylic acids is 1. The lowest BCUT2D eigenvalue weighted by atomic mass is 10.1. The Hall–Kier alpha value is -4.19. The molecule has 3 atom stereocenters. The second-order valence-corrected chi connectivity index (χ2v) is 12.5. The molecule has 3 amide bonds. The number of fused-ring (bicyclic) bond motifs is 2. The number of nitrogens with one attached hydrogen (secondary N) is 2. The Morgan fingerprint density at radius 2 is 2.05 bits per heavy atom. The molecule has 3 unspecified atom stereocenters. The van der Waals surface area contributed by atoms with Crippen LogP contribution in [0.3, 0.4) is 0 Å². The van der Waals surface area contributed by atoms with Gasteiger partial charge < -0.3 is 30.1 Å². The van der Waals surface area contributed by atoms with Crippen LogP contribution in [0.4, 0.5) is 4.79 Å². The maximum atomic E-state index is 13.5. The van der Waals surface area contributed by atoms with Crippen molar-refractivity contribution in [2.45, 2.75) is 63.5 Å². The van der Waals surface area contributed by atoms with E-state index in [4.69, 9.17) is 19.4 Å². The molecule has 1 aliphatic carbocycles. The number of aliphatic carboxylic acids is 1. The number of carbonyl (C=O) groups is 3. The lowest BCUT2D eigenvalue weighted by molar-refractivity contribution is -0.143. The first-order valence-corrected chi connectivity index (χ1v) is 15.8. The summed E-state index contributed by atoms with van der Waals surface area (Å²) in [7, 11) is 3.27. The Balaban J connectivity index is 1.39. The van der Waals surface area contributed by atoms with Gasteiger partial charge in [-0.15, -0.1) is 11.3 Å². The summed E-state index contributed by atoms with van der Waals surface area (Å²) in [5.74, 6) is -0.451. The van der Waals surface area contributed by atoms with E-state index in [1.54, 1.807) is 19.1 Å². The number of rotatable bonds is 8. The molecule has 11 nitrogen and oxygen atoms in total. The normalized spacial score (nSPS) is 22.6. The molecule has 234 valence electrons. The van der Waals surface area contributed by atoms with Crippen molar-refractivity contribution in [2.75, 3.05) is 27.3 Å². The average Bonchev–Trinajstić information content (AvgIpc) is 3.46. The van der Waals surface area contributed by atoms with E-state index >= 15 is 0 Å². The number of carbonyl (C=O) groups excluding carboxylic acids is 2. The molecule has 2 aliphatic rings. The molecule has 1 aromatic carbocycles. The lowest BCUT2D eigenvalue weighted by Gasteiger charge is -2.25. The number of nitrogens with zero attached hydrogens (tertiary/aromatic N) is 3. The standard InChI is InChI=1S/C32H39N5O6S/c1-19(2)26-18-44-29(34-26)25-16-27(22-11-10-21(42-4)15-24(22)33-25)43-14-12-23-28(38)36-32(30(39)40)17-20(32)9-7-5-6-8-13-37(3)31(41)35-23/h7,9-11,15-16,18-20,23H,5-6,8,12-14,17H2,1-4H3,(H,35,41)(H,36,38)(H,39,40). The molecule has 0 saturated heterocycles. The zero-order valence-electron chi connectivity index (χ0n) is 25.5. The average molecular weight is 622 g/mol. The molecular weight excluding hydrogens is 582 g/mol. The summed E-state index contributed by atoms with van der Waals surface area (Å²) in [6.07, 6.45) is 6.74. The van der Waals surface area contributed by atoms with Crippen molar-refractivity contribution in [3.05, 3.63) is 47.5 Å². The van der Waals surface area contributed by atoms with Crippen molar-refractivity contribution in [3.63, 3.8) is 0 Å². The van der Waals surface area contributed by atoms with Gasteiger partial charge in [0, 0.05) is 48.8 Å². The molecule has 1 saturated carbocycles. The molecule has 12 heteroatoms. The highest BCUT2D eigenvalue weighted by Crippen LogP contribution is 2.45. The van der Waals surface area contributed by atoms with Crippen LogP contribution in [0.2, 0.25) is 0 Å². The first kappa shape index (κ1) is 31.2. The van der Waals surface area contributed by atoms with Crippen molar-refractivity contribution in [1.29, 1.82) is 0 Å². The number of ether oxygens (including phenoxy) is 2. The largest absolute Gasteiger partial charge is 0.497 e. The number of benzene rings is 1. The third-order valence-electron chi connectivity index (χ3n) is 8.16. The zero-order valence-corrected chi connectivity index (χ0v) is 26.3. The van der Waals surface area contributed by atoms with E-state index in [-0.39, 0.29) is 24.9 Å². The minimum Gasteiger partial charge on any atom is -0.497 e. The lowest BCUT2D eigenvalue weighted by Crippen LogP contribution is -2.55. The third-order valence-corrected chi connectivity index (χ3v) is 9.05. The number of aromatic nitrogens is 2. The summed E-state index contributed by atoms with van der Waals surface area (Å²) in [6, 6.07) is 5.94. The number of carboxylic acid groups (broad SMARTS) is 1. The molecule has 0 spiro atoms. The first-order valence-electron chi connectivity index (χ1n) is 14.9. The molecule has 1 fully saturated rings. The molecule has 0 radical (unpaired) electrons. The van der Waals surface area contributed by atoms with Crippen LogP contribution in [-0.2, 0) is 9.59 Å². The van der Waals surface area contributed by atoms with Gasteiger partial charge in [-0.05, 0) is 43.7 Å². The van der Waals surface area contributed by atoms with Crippen molar-refractivity contribution >= 4 is 40.1 Å². The van der Waals surface area contributed by atoms with Gasteiger partial charge in [0.1, 0.15) is 33.8 Å². The Bertz CT molecular complexity index is 1570. The maximum Gasteiger partial charge on any atom is 0.330 e. The number of hydrogen-bond acceptors (Lipinski definition) is 8. The van der Waals surface area contributed by atoms with Gasteiger partial charge in [-0.2, -0.15) is 0 Å². The van der Waals surface area contributed by atoms with E-state index in [1.807, 2.05) is 41.8 Å². The minimum absolute atomic E-state index is 0.0746. The van der Waals surface area contributed by atoms with Crippen LogP contribution in [0.5, 0.6) is 11.5 Å². The molecule has 3 aromatic rings.